The smallest absolute Gasteiger partial charge is 0.229 e. The van der Waals surface area contributed by atoms with Crippen molar-refractivity contribution in [2.24, 2.45) is 0 Å². The summed E-state index contributed by atoms with van der Waals surface area (Å²) < 4.78 is 2.04. The Bertz CT molecular complexity index is 379. The lowest BCUT2D eigenvalue weighted by molar-refractivity contribution is -0.596. The minimum Gasteiger partial charge on any atom is -0.258 e. The highest BCUT2D eigenvalue weighted by atomic mass is 14.9. The molecule has 0 spiro atoms. The standard InChI is InChI=1S/C11H11N2/c1-10-4-7-13(8-5-10)11-3-2-6-12-9-11/h2-9H,1H3/q+1. The van der Waals surface area contributed by atoms with Gasteiger partial charge in [0.25, 0.3) is 0 Å². The largest absolute Gasteiger partial charge is 0.258 e. The summed E-state index contributed by atoms with van der Waals surface area (Å²) in [6.45, 7) is 2.08. The molecule has 0 aromatic carbocycles. The van der Waals surface area contributed by atoms with Gasteiger partial charge in [-0.05, 0) is 18.6 Å². The summed E-state index contributed by atoms with van der Waals surface area (Å²) in [5.41, 5.74) is 2.35. The van der Waals surface area contributed by atoms with E-state index < -0.39 is 0 Å². The molecule has 0 bridgehead atoms. The fraction of sp³-hybridized carbons (Fsp3) is 0.0909. The minimum absolute atomic E-state index is 1.09. The van der Waals surface area contributed by atoms with Crippen LogP contribution in [-0.2, 0) is 0 Å². The number of nitrogens with zero attached hydrogens (tertiary/aromatic N) is 2. The summed E-state index contributed by atoms with van der Waals surface area (Å²) in [6.07, 6.45) is 7.69. The van der Waals surface area contributed by atoms with E-state index in [9.17, 15) is 0 Å². The van der Waals surface area contributed by atoms with Crippen LogP contribution in [0.5, 0.6) is 0 Å². The van der Waals surface area contributed by atoms with E-state index in [1.54, 1.807) is 6.20 Å². The second-order valence-electron chi connectivity index (χ2n) is 2.99. The van der Waals surface area contributed by atoms with Gasteiger partial charge < -0.3 is 0 Å². The summed E-state index contributed by atoms with van der Waals surface area (Å²) in [5, 5.41) is 0. The van der Waals surface area contributed by atoms with Crippen LogP contribution >= 0.6 is 0 Å². The molecule has 0 aliphatic rings. The molecule has 2 aromatic rings. The van der Waals surface area contributed by atoms with Gasteiger partial charge in [-0.25, -0.2) is 0 Å². The molecule has 0 saturated carbocycles. The van der Waals surface area contributed by atoms with Crippen LogP contribution in [0.15, 0.2) is 49.1 Å². The van der Waals surface area contributed by atoms with Crippen LogP contribution < -0.4 is 4.57 Å². The molecular weight excluding hydrogens is 160 g/mol. The van der Waals surface area contributed by atoms with Crippen molar-refractivity contribution < 1.29 is 4.57 Å². The molecule has 2 heterocycles. The summed E-state index contributed by atoms with van der Waals surface area (Å²) in [4.78, 5) is 4.06. The molecule has 2 rings (SSSR count). The molecule has 13 heavy (non-hydrogen) atoms. The quantitative estimate of drug-likeness (QED) is 0.596. The molecule has 0 aliphatic heterocycles. The molecule has 0 aliphatic carbocycles. The Balaban J connectivity index is 2.42. The van der Waals surface area contributed by atoms with Crippen molar-refractivity contribution in [1.82, 2.24) is 4.98 Å². The van der Waals surface area contributed by atoms with Crippen molar-refractivity contribution in [3.63, 3.8) is 0 Å². The molecule has 0 N–H and O–H groups in total. The first-order chi connectivity index (χ1) is 6.36. The van der Waals surface area contributed by atoms with Gasteiger partial charge in [-0.3, -0.25) is 4.98 Å². The van der Waals surface area contributed by atoms with Crippen molar-refractivity contribution in [3.8, 4) is 5.69 Å². The van der Waals surface area contributed by atoms with Crippen LogP contribution in [0, 0.1) is 6.92 Å². The number of aryl methyl sites for hydroxylation is 1. The first-order valence-electron chi connectivity index (χ1n) is 4.24. The molecule has 0 radical (unpaired) electrons. The predicted octanol–water partition coefficient (Wildman–Crippen LogP) is 1.67. The van der Waals surface area contributed by atoms with Crippen molar-refractivity contribution in [2.45, 2.75) is 6.92 Å². The van der Waals surface area contributed by atoms with Gasteiger partial charge >= 0.3 is 0 Å². The summed E-state index contributed by atoms with van der Waals surface area (Å²) in [5.74, 6) is 0. The van der Waals surface area contributed by atoms with E-state index in [1.807, 2.05) is 35.3 Å². The second-order valence-corrected chi connectivity index (χ2v) is 2.99. The molecule has 0 unspecified atom stereocenters. The molecule has 2 aromatic heterocycles. The molecule has 0 fully saturated rings. The topological polar surface area (TPSA) is 16.8 Å². The van der Waals surface area contributed by atoms with Crippen molar-refractivity contribution in [1.29, 1.82) is 0 Å². The Morgan fingerprint density at radius 3 is 2.54 bits per heavy atom. The zero-order chi connectivity index (χ0) is 9.10. The third-order valence-electron chi connectivity index (χ3n) is 1.94. The summed E-state index contributed by atoms with van der Waals surface area (Å²) >= 11 is 0. The van der Waals surface area contributed by atoms with Crippen LogP contribution in [0.4, 0.5) is 0 Å². The zero-order valence-electron chi connectivity index (χ0n) is 7.51. The minimum atomic E-state index is 1.09. The van der Waals surface area contributed by atoms with Gasteiger partial charge in [0, 0.05) is 24.4 Å². The number of aromatic nitrogens is 2. The maximum Gasteiger partial charge on any atom is 0.229 e. The van der Waals surface area contributed by atoms with Gasteiger partial charge in [0.1, 0.15) is 0 Å². The zero-order valence-corrected chi connectivity index (χ0v) is 7.51. The van der Waals surface area contributed by atoms with E-state index in [0.717, 1.165) is 5.69 Å². The van der Waals surface area contributed by atoms with Gasteiger partial charge in [-0.1, -0.05) is 0 Å². The van der Waals surface area contributed by atoms with Crippen molar-refractivity contribution >= 4 is 0 Å². The Kier molecular flexibility index (Phi) is 2.04. The Morgan fingerprint density at radius 2 is 1.92 bits per heavy atom. The van der Waals surface area contributed by atoms with E-state index >= 15 is 0 Å². The van der Waals surface area contributed by atoms with Crippen molar-refractivity contribution in [2.75, 3.05) is 0 Å². The highest BCUT2D eigenvalue weighted by molar-refractivity contribution is 5.16. The molecule has 2 heteroatoms. The molecule has 2 nitrogen and oxygen atoms in total. The lowest BCUT2D eigenvalue weighted by atomic mass is 10.3. The average molecular weight is 171 g/mol. The molecule has 0 saturated heterocycles. The van der Waals surface area contributed by atoms with Gasteiger partial charge in [0.2, 0.25) is 5.69 Å². The lowest BCUT2D eigenvalue weighted by Gasteiger charge is -1.93. The van der Waals surface area contributed by atoms with E-state index in [0.29, 0.717) is 0 Å². The monoisotopic (exact) mass is 171 g/mol. The SMILES string of the molecule is Cc1cc[n+](-c2cccnc2)cc1. The molecule has 0 amide bonds. The van der Waals surface area contributed by atoms with Gasteiger partial charge in [-0.2, -0.15) is 4.57 Å². The summed E-state index contributed by atoms with van der Waals surface area (Å²) in [7, 11) is 0. The maximum absolute atomic E-state index is 4.06. The van der Waals surface area contributed by atoms with Crippen LogP contribution in [0.1, 0.15) is 5.56 Å². The number of hydrogen-bond acceptors (Lipinski definition) is 1. The van der Waals surface area contributed by atoms with E-state index in [2.05, 4.69) is 24.0 Å². The molecule has 0 atom stereocenters. The third-order valence-corrected chi connectivity index (χ3v) is 1.94. The highest BCUT2D eigenvalue weighted by Gasteiger charge is 2.02. The Labute approximate surface area is 77.5 Å². The van der Waals surface area contributed by atoms with Crippen LogP contribution in [0.2, 0.25) is 0 Å². The lowest BCUT2D eigenvalue weighted by Crippen LogP contribution is -2.29. The van der Waals surface area contributed by atoms with Gasteiger partial charge in [0.15, 0.2) is 12.4 Å². The van der Waals surface area contributed by atoms with E-state index in [-0.39, 0.29) is 0 Å². The van der Waals surface area contributed by atoms with Crippen LogP contribution in [0.25, 0.3) is 5.69 Å². The van der Waals surface area contributed by atoms with E-state index in [4.69, 9.17) is 0 Å². The van der Waals surface area contributed by atoms with Gasteiger partial charge in [-0.15, -0.1) is 0 Å². The third kappa shape index (κ3) is 1.72. The molecular formula is C11H11N2+. The predicted molar refractivity (Wildman–Crippen MR) is 50.5 cm³/mol. The van der Waals surface area contributed by atoms with Gasteiger partial charge in [0.05, 0.1) is 6.20 Å². The fourth-order valence-electron chi connectivity index (χ4n) is 1.18. The Hall–Kier alpha value is -1.70. The first-order valence-corrected chi connectivity index (χ1v) is 4.24. The van der Waals surface area contributed by atoms with E-state index in [1.165, 1.54) is 5.56 Å². The van der Waals surface area contributed by atoms with Crippen LogP contribution in [-0.4, -0.2) is 4.98 Å². The molecule has 64 valence electrons. The maximum atomic E-state index is 4.06. The van der Waals surface area contributed by atoms with Crippen LogP contribution in [0.3, 0.4) is 0 Å². The summed E-state index contributed by atoms with van der Waals surface area (Å²) in [6, 6.07) is 8.12. The second kappa shape index (κ2) is 3.35. The Morgan fingerprint density at radius 1 is 1.15 bits per heavy atom. The highest BCUT2D eigenvalue weighted by Crippen LogP contribution is 1.96. The fourth-order valence-corrected chi connectivity index (χ4v) is 1.18. The number of rotatable bonds is 1. The first kappa shape index (κ1) is 7.92. The number of hydrogen-bond donors (Lipinski definition) is 0. The average Bonchev–Trinajstić information content (AvgIpc) is 2.20. The number of pyridine rings is 2. The normalized spacial score (nSPS) is 9.92. The van der Waals surface area contributed by atoms with Crippen molar-refractivity contribution in [3.05, 3.63) is 54.6 Å².